The Kier molecular flexibility index (Phi) is 4.93. The molecule has 0 aromatic heterocycles. The maximum atomic E-state index is 8.48. The number of aliphatic hydroxyl groups excluding tert-OH is 1. The lowest BCUT2D eigenvalue weighted by molar-refractivity contribution is 0.0707. The van der Waals surface area contributed by atoms with Gasteiger partial charge in [0, 0.05) is 0 Å². The van der Waals surface area contributed by atoms with Crippen molar-refractivity contribution in [2.45, 2.75) is 6.92 Å². The maximum absolute atomic E-state index is 8.48. The van der Waals surface area contributed by atoms with Gasteiger partial charge in [0.25, 0.3) is 0 Å². The van der Waals surface area contributed by atoms with Gasteiger partial charge in [0.05, 0.1) is 25.5 Å². The van der Waals surface area contributed by atoms with E-state index in [1.165, 1.54) is 0 Å². The van der Waals surface area contributed by atoms with Gasteiger partial charge in [-0.15, -0.1) is 0 Å². The van der Waals surface area contributed by atoms with Crippen LogP contribution in [0, 0.1) is 6.92 Å². The summed E-state index contributed by atoms with van der Waals surface area (Å²) in [6.07, 6.45) is 0. The predicted octanol–water partition coefficient (Wildman–Crippen LogP) is 0.965. The SMILES string of the molecule is Cc1ccc(N)c(OCCOCCO)c1. The molecule has 0 atom stereocenters. The smallest absolute Gasteiger partial charge is 0.142 e. The fraction of sp³-hybridized carbons (Fsp3) is 0.455. The summed E-state index contributed by atoms with van der Waals surface area (Å²) in [5, 5.41) is 8.48. The Morgan fingerprint density at radius 2 is 2.07 bits per heavy atom. The van der Waals surface area contributed by atoms with Gasteiger partial charge in [-0.1, -0.05) is 6.07 Å². The number of hydrogen-bond acceptors (Lipinski definition) is 4. The summed E-state index contributed by atoms with van der Waals surface area (Å²) in [5.74, 6) is 0.683. The number of ether oxygens (including phenoxy) is 2. The lowest BCUT2D eigenvalue weighted by Crippen LogP contribution is -2.10. The van der Waals surface area contributed by atoms with Gasteiger partial charge in [0.2, 0.25) is 0 Å². The first-order chi connectivity index (χ1) is 7.24. The molecule has 1 rings (SSSR count). The third-order valence-electron chi connectivity index (χ3n) is 1.89. The fourth-order valence-electron chi connectivity index (χ4n) is 1.14. The van der Waals surface area contributed by atoms with Crippen molar-refractivity contribution in [1.29, 1.82) is 0 Å². The van der Waals surface area contributed by atoms with E-state index < -0.39 is 0 Å². The number of aryl methyl sites for hydroxylation is 1. The molecule has 0 heterocycles. The van der Waals surface area contributed by atoms with E-state index in [2.05, 4.69) is 0 Å². The molecule has 4 nitrogen and oxygen atoms in total. The molecule has 0 amide bonds. The molecule has 0 saturated carbocycles. The van der Waals surface area contributed by atoms with Gasteiger partial charge in [-0.05, 0) is 24.6 Å². The van der Waals surface area contributed by atoms with E-state index in [0.717, 1.165) is 5.56 Å². The molecule has 15 heavy (non-hydrogen) atoms. The van der Waals surface area contributed by atoms with Crippen LogP contribution in [0.15, 0.2) is 18.2 Å². The minimum absolute atomic E-state index is 0.0343. The Hall–Kier alpha value is -1.26. The number of aliphatic hydroxyl groups is 1. The van der Waals surface area contributed by atoms with Crippen LogP contribution >= 0.6 is 0 Å². The second-order valence-electron chi connectivity index (χ2n) is 3.23. The zero-order valence-corrected chi connectivity index (χ0v) is 8.90. The van der Waals surface area contributed by atoms with Crippen molar-refractivity contribution < 1.29 is 14.6 Å². The lowest BCUT2D eigenvalue weighted by atomic mass is 10.2. The molecule has 0 aliphatic rings. The highest BCUT2D eigenvalue weighted by molar-refractivity contribution is 5.53. The van der Waals surface area contributed by atoms with Gasteiger partial charge in [-0.2, -0.15) is 0 Å². The molecule has 3 N–H and O–H groups in total. The molecular weight excluding hydrogens is 194 g/mol. The second-order valence-corrected chi connectivity index (χ2v) is 3.23. The Morgan fingerprint density at radius 1 is 1.27 bits per heavy atom. The van der Waals surface area contributed by atoms with E-state index in [9.17, 15) is 0 Å². The van der Waals surface area contributed by atoms with Gasteiger partial charge in [-0.3, -0.25) is 0 Å². The second kappa shape index (κ2) is 6.27. The van der Waals surface area contributed by atoms with Gasteiger partial charge in [0.1, 0.15) is 12.4 Å². The molecule has 1 aromatic rings. The predicted molar refractivity (Wildman–Crippen MR) is 59.0 cm³/mol. The highest BCUT2D eigenvalue weighted by Gasteiger charge is 1.99. The summed E-state index contributed by atoms with van der Waals surface area (Å²) in [5.41, 5.74) is 7.46. The topological polar surface area (TPSA) is 64.7 Å². The van der Waals surface area contributed by atoms with E-state index in [4.69, 9.17) is 20.3 Å². The van der Waals surface area contributed by atoms with Crippen molar-refractivity contribution in [1.82, 2.24) is 0 Å². The van der Waals surface area contributed by atoms with Crippen LogP contribution in [0.5, 0.6) is 5.75 Å². The third-order valence-corrected chi connectivity index (χ3v) is 1.89. The largest absolute Gasteiger partial charge is 0.489 e. The standard InChI is InChI=1S/C11H17NO3/c1-9-2-3-10(12)11(8-9)15-7-6-14-5-4-13/h2-3,8,13H,4-7,12H2,1H3. The van der Waals surface area contributed by atoms with Crippen molar-refractivity contribution in [2.24, 2.45) is 0 Å². The number of benzene rings is 1. The normalized spacial score (nSPS) is 10.3. The van der Waals surface area contributed by atoms with Crippen LogP contribution in [0.2, 0.25) is 0 Å². The average Bonchev–Trinajstić information content (AvgIpc) is 2.23. The molecule has 0 saturated heterocycles. The summed E-state index contributed by atoms with van der Waals surface area (Å²) in [7, 11) is 0. The van der Waals surface area contributed by atoms with E-state index in [1.807, 2.05) is 25.1 Å². The van der Waals surface area contributed by atoms with E-state index in [0.29, 0.717) is 31.3 Å². The molecule has 1 aromatic carbocycles. The monoisotopic (exact) mass is 211 g/mol. The Balaban J connectivity index is 2.33. The van der Waals surface area contributed by atoms with Crippen LogP contribution in [-0.2, 0) is 4.74 Å². The molecule has 0 fully saturated rings. The summed E-state index contributed by atoms with van der Waals surface area (Å²) in [4.78, 5) is 0. The Morgan fingerprint density at radius 3 is 2.80 bits per heavy atom. The van der Waals surface area contributed by atoms with Crippen molar-refractivity contribution in [2.75, 3.05) is 32.2 Å². The summed E-state index contributed by atoms with van der Waals surface area (Å²) < 4.78 is 10.5. The summed E-state index contributed by atoms with van der Waals surface area (Å²) in [6.45, 7) is 3.25. The molecule has 0 unspecified atom stereocenters. The molecule has 0 spiro atoms. The minimum atomic E-state index is 0.0343. The molecule has 0 aliphatic carbocycles. The van der Waals surface area contributed by atoms with Crippen LogP contribution in [-0.4, -0.2) is 31.5 Å². The van der Waals surface area contributed by atoms with Crippen LogP contribution in [0.3, 0.4) is 0 Å². The van der Waals surface area contributed by atoms with Crippen molar-refractivity contribution >= 4 is 5.69 Å². The zero-order valence-electron chi connectivity index (χ0n) is 8.90. The Bertz CT molecular complexity index is 302. The molecule has 0 radical (unpaired) electrons. The van der Waals surface area contributed by atoms with Crippen LogP contribution in [0.25, 0.3) is 0 Å². The number of anilines is 1. The first kappa shape index (κ1) is 11.8. The van der Waals surface area contributed by atoms with Crippen LogP contribution < -0.4 is 10.5 Å². The lowest BCUT2D eigenvalue weighted by Gasteiger charge is -2.09. The van der Waals surface area contributed by atoms with Crippen molar-refractivity contribution in [3.8, 4) is 5.75 Å². The van der Waals surface area contributed by atoms with E-state index >= 15 is 0 Å². The summed E-state index contributed by atoms with van der Waals surface area (Å²) >= 11 is 0. The van der Waals surface area contributed by atoms with E-state index in [1.54, 1.807) is 0 Å². The van der Waals surface area contributed by atoms with Gasteiger partial charge in [0.15, 0.2) is 0 Å². The van der Waals surface area contributed by atoms with Gasteiger partial charge >= 0.3 is 0 Å². The number of nitrogen functional groups attached to an aromatic ring is 1. The minimum Gasteiger partial charge on any atom is -0.489 e. The highest BCUT2D eigenvalue weighted by atomic mass is 16.5. The molecule has 0 bridgehead atoms. The highest BCUT2D eigenvalue weighted by Crippen LogP contribution is 2.21. The molecular formula is C11H17NO3. The van der Waals surface area contributed by atoms with Gasteiger partial charge < -0.3 is 20.3 Å². The average molecular weight is 211 g/mol. The fourth-order valence-corrected chi connectivity index (χ4v) is 1.14. The van der Waals surface area contributed by atoms with E-state index in [-0.39, 0.29) is 6.61 Å². The van der Waals surface area contributed by atoms with Crippen molar-refractivity contribution in [3.05, 3.63) is 23.8 Å². The Labute approximate surface area is 89.6 Å². The quantitative estimate of drug-likeness (QED) is 0.543. The van der Waals surface area contributed by atoms with Crippen LogP contribution in [0.1, 0.15) is 5.56 Å². The number of rotatable bonds is 6. The molecule has 4 heteroatoms. The number of nitrogens with two attached hydrogens (primary N) is 1. The molecule has 0 aliphatic heterocycles. The molecule has 84 valence electrons. The zero-order chi connectivity index (χ0) is 11.1. The number of hydrogen-bond donors (Lipinski definition) is 2. The third kappa shape index (κ3) is 4.18. The first-order valence-corrected chi connectivity index (χ1v) is 4.91. The maximum Gasteiger partial charge on any atom is 0.142 e. The van der Waals surface area contributed by atoms with Crippen molar-refractivity contribution in [3.63, 3.8) is 0 Å². The van der Waals surface area contributed by atoms with Gasteiger partial charge in [-0.25, -0.2) is 0 Å². The van der Waals surface area contributed by atoms with Crippen LogP contribution in [0.4, 0.5) is 5.69 Å². The first-order valence-electron chi connectivity index (χ1n) is 4.91. The summed E-state index contributed by atoms with van der Waals surface area (Å²) in [6, 6.07) is 5.64.